The molecule has 0 atom stereocenters. The zero-order valence-electron chi connectivity index (χ0n) is 9.01. The second-order valence-corrected chi connectivity index (χ2v) is 5.63. The summed E-state index contributed by atoms with van der Waals surface area (Å²) < 4.78 is 0. The molecule has 1 heterocycles. The van der Waals surface area contributed by atoms with E-state index in [1.807, 2.05) is 5.38 Å². The number of hydrogen-bond donors (Lipinski definition) is 2. The minimum absolute atomic E-state index is 0.0569. The molecule has 2 N–H and O–H groups in total. The van der Waals surface area contributed by atoms with Crippen LogP contribution in [0.2, 0.25) is 0 Å². The van der Waals surface area contributed by atoms with E-state index in [2.05, 4.69) is 10.3 Å². The Morgan fingerprint density at radius 3 is 2.94 bits per heavy atom. The van der Waals surface area contributed by atoms with Crippen molar-refractivity contribution in [3.8, 4) is 0 Å². The van der Waals surface area contributed by atoms with E-state index >= 15 is 0 Å². The van der Waals surface area contributed by atoms with Gasteiger partial charge < -0.3 is 10.4 Å². The third kappa shape index (κ3) is 4.01. The number of aromatic nitrogens is 1. The lowest BCUT2D eigenvalue weighted by atomic mass is 10.3. The Hall–Kier alpha value is -1.08. The number of rotatable bonds is 6. The average molecular weight is 272 g/mol. The molecule has 0 bridgehead atoms. The fraction of sp³-hybridized carbons (Fsp3) is 0.500. The fourth-order valence-electron chi connectivity index (χ4n) is 1.30. The van der Waals surface area contributed by atoms with Gasteiger partial charge in [0.05, 0.1) is 17.2 Å². The highest BCUT2D eigenvalue weighted by Gasteiger charge is 2.26. The predicted molar refractivity (Wildman–Crippen MR) is 67.7 cm³/mol. The molecule has 0 unspecified atom stereocenters. The topological polar surface area (TPSA) is 79.3 Å². The molecule has 0 radical (unpaired) electrons. The molecule has 17 heavy (non-hydrogen) atoms. The van der Waals surface area contributed by atoms with Crippen molar-refractivity contribution in [3.05, 3.63) is 11.1 Å². The van der Waals surface area contributed by atoms with Crippen LogP contribution in [0.25, 0.3) is 0 Å². The maximum atomic E-state index is 11.4. The summed E-state index contributed by atoms with van der Waals surface area (Å²) in [7, 11) is 0. The summed E-state index contributed by atoms with van der Waals surface area (Å²) in [5.41, 5.74) is 1.06. The molecule has 1 aliphatic carbocycles. The number of carboxylic acids is 1. The molecule has 5 nitrogen and oxygen atoms in total. The molecule has 1 aliphatic rings. The van der Waals surface area contributed by atoms with Crippen molar-refractivity contribution in [2.75, 3.05) is 16.8 Å². The molecule has 0 aliphatic heterocycles. The number of carboxylic acid groups (broad SMARTS) is 1. The lowest BCUT2D eigenvalue weighted by molar-refractivity contribution is -0.133. The van der Waals surface area contributed by atoms with Crippen LogP contribution in [-0.4, -0.2) is 33.5 Å². The Bertz CT molecular complexity index is 429. The highest BCUT2D eigenvalue weighted by atomic mass is 32.2. The van der Waals surface area contributed by atoms with Crippen LogP contribution in [0, 0.1) is 0 Å². The van der Waals surface area contributed by atoms with E-state index in [0.29, 0.717) is 11.0 Å². The number of anilines is 1. The van der Waals surface area contributed by atoms with Crippen molar-refractivity contribution in [1.82, 2.24) is 4.98 Å². The number of nitrogens with one attached hydrogen (secondary N) is 1. The van der Waals surface area contributed by atoms with Gasteiger partial charge in [0, 0.05) is 11.3 Å². The number of amides is 1. The minimum atomic E-state index is -0.909. The third-order valence-corrected chi connectivity index (χ3v) is 3.92. The number of thiazole rings is 1. The quantitative estimate of drug-likeness (QED) is 0.825. The minimum Gasteiger partial charge on any atom is -0.481 e. The molecule has 1 fully saturated rings. The summed E-state index contributed by atoms with van der Waals surface area (Å²) in [6, 6.07) is 0. The van der Waals surface area contributed by atoms with E-state index < -0.39 is 5.97 Å². The SMILES string of the molecule is O=C(O)CSCC(=O)Nc1nc(C2CC2)cs1. The van der Waals surface area contributed by atoms with Gasteiger partial charge in [-0.25, -0.2) is 4.98 Å². The number of aliphatic carboxylic acids is 1. The van der Waals surface area contributed by atoms with E-state index in [1.165, 1.54) is 24.2 Å². The first kappa shape index (κ1) is 12.4. The molecular weight excluding hydrogens is 260 g/mol. The van der Waals surface area contributed by atoms with Crippen molar-refractivity contribution in [3.63, 3.8) is 0 Å². The molecule has 92 valence electrons. The van der Waals surface area contributed by atoms with Gasteiger partial charge in [-0.15, -0.1) is 23.1 Å². The zero-order chi connectivity index (χ0) is 12.3. The Labute approximate surface area is 107 Å². The summed E-state index contributed by atoms with van der Waals surface area (Å²) >= 11 is 2.50. The smallest absolute Gasteiger partial charge is 0.313 e. The van der Waals surface area contributed by atoms with E-state index in [0.717, 1.165) is 17.5 Å². The highest BCUT2D eigenvalue weighted by Crippen LogP contribution is 2.40. The molecule has 1 amide bonds. The van der Waals surface area contributed by atoms with Crippen molar-refractivity contribution < 1.29 is 14.7 Å². The summed E-state index contributed by atoms with van der Waals surface area (Å²) in [5.74, 6) is -0.442. The summed E-state index contributed by atoms with van der Waals surface area (Å²) in [6.45, 7) is 0. The molecule has 7 heteroatoms. The number of nitrogens with zero attached hydrogens (tertiary/aromatic N) is 1. The molecule has 0 spiro atoms. The van der Waals surface area contributed by atoms with Crippen LogP contribution >= 0.6 is 23.1 Å². The Balaban J connectivity index is 1.74. The Morgan fingerprint density at radius 1 is 1.53 bits per heavy atom. The van der Waals surface area contributed by atoms with E-state index in [1.54, 1.807) is 0 Å². The van der Waals surface area contributed by atoms with Crippen LogP contribution in [-0.2, 0) is 9.59 Å². The van der Waals surface area contributed by atoms with Gasteiger partial charge in [0.25, 0.3) is 0 Å². The maximum Gasteiger partial charge on any atom is 0.313 e. The first-order valence-electron chi connectivity index (χ1n) is 5.20. The number of carbonyl (C=O) groups excluding carboxylic acids is 1. The summed E-state index contributed by atoms with van der Waals surface area (Å²) in [6.07, 6.45) is 2.37. The number of thioether (sulfide) groups is 1. The molecule has 0 saturated heterocycles. The largest absolute Gasteiger partial charge is 0.481 e. The van der Waals surface area contributed by atoms with Gasteiger partial charge in [0.15, 0.2) is 5.13 Å². The van der Waals surface area contributed by atoms with Crippen LogP contribution < -0.4 is 5.32 Å². The predicted octanol–water partition coefficient (Wildman–Crippen LogP) is 1.78. The van der Waals surface area contributed by atoms with Gasteiger partial charge in [0.2, 0.25) is 5.91 Å². The molecule has 1 aromatic heterocycles. The van der Waals surface area contributed by atoms with E-state index in [4.69, 9.17) is 5.11 Å². The van der Waals surface area contributed by atoms with Crippen molar-refractivity contribution in [1.29, 1.82) is 0 Å². The molecule has 1 aromatic rings. The molecule has 1 saturated carbocycles. The second-order valence-electron chi connectivity index (χ2n) is 3.79. The fourth-order valence-corrected chi connectivity index (χ4v) is 2.64. The highest BCUT2D eigenvalue weighted by molar-refractivity contribution is 8.00. The first-order valence-corrected chi connectivity index (χ1v) is 7.23. The van der Waals surface area contributed by atoms with Gasteiger partial charge >= 0.3 is 5.97 Å². The van der Waals surface area contributed by atoms with Crippen LogP contribution in [0.5, 0.6) is 0 Å². The first-order chi connectivity index (χ1) is 8.15. The van der Waals surface area contributed by atoms with Gasteiger partial charge in [-0.2, -0.15) is 0 Å². The lowest BCUT2D eigenvalue weighted by Gasteiger charge is -1.99. The van der Waals surface area contributed by atoms with Gasteiger partial charge in [0.1, 0.15) is 0 Å². The van der Waals surface area contributed by atoms with Crippen molar-refractivity contribution >= 4 is 40.1 Å². The average Bonchev–Trinajstić information content (AvgIpc) is 3.00. The van der Waals surface area contributed by atoms with E-state index in [9.17, 15) is 9.59 Å². The molecular formula is C10H12N2O3S2. The van der Waals surface area contributed by atoms with Crippen LogP contribution in [0.4, 0.5) is 5.13 Å². The van der Waals surface area contributed by atoms with Crippen molar-refractivity contribution in [2.45, 2.75) is 18.8 Å². The zero-order valence-corrected chi connectivity index (χ0v) is 10.6. The third-order valence-electron chi connectivity index (χ3n) is 2.22. The van der Waals surface area contributed by atoms with Gasteiger partial charge in [-0.05, 0) is 12.8 Å². The number of carbonyl (C=O) groups is 2. The maximum absolute atomic E-state index is 11.4. The Kier molecular flexibility index (Phi) is 4.01. The summed E-state index contributed by atoms with van der Waals surface area (Å²) in [5, 5.41) is 13.7. The molecule has 0 aromatic carbocycles. The summed E-state index contributed by atoms with van der Waals surface area (Å²) in [4.78, 5) is 26.0. The van der Waals surface area contributed by atoms with Crippen LogP contribution in [0.3, 0.4) is 0 Å². The van der Waals surface area contributed by atoms with Crippen LogP contribution in [0.15, 0.2) is 5.38 Å². The lowest BCUT2D eigenvalue weighted by Crippen LogP contribution is -2.15. The second kappa shape index (κ2) is 5.50. The van der Waals surface area contributed by atoms with Crippen molar-refractivity contribution in [2.24, 2.45) is 0 Å². The standard InChI is InChI=1S/C10H12N2O3S2/c13-8(4-16-5-9(14)15)12-10-11-7(3-17-10)6-1-2-6/h3,6H,1-2,4-5H2,(H,14,15)(H,11,12,13). The Morgan fingerprint density at radius 2 is 2.29 bits per heavy atom. The van der Waals surface area contributed by atoms with Gasteiger partial charge in [-0.3, -0.25) is 9.59 Å². The normalized spacial score (nSPS) is 14.6. The van der Waals surface area contributed by atoms with Gasteiger partial charge in [-0.1, -0.05) is 0 Å². The number of hydrogen-bond acceptors (Lipinski definition) is 5. The van der Waals surface area contributed by atoms with Crippen LogP contribution in [0.1, 0.15) is 24.5 Å². The monoisotopic (exact) mass is 272 g/mol. The van der Waals surface area contributed by atoms with E-state index in [-0.39, 0.29) is 17.4 Å². The molecule has 2 rings (SSSR count).